The van der Waals surface area contributed by atoms with E-state index in [0.717, 1.165) is 16.9 Å². The number of nitrogens with one attached hydrogen (secondary N) is 1. The maximum Gasteiger partial charge on any atom is 0.319 e. The molecule has 4 heterocycles. The summed E-state index contributed by atoms with van der Waals surface area (Å²) in [5, 5.41) is 12.8. The van der Waals surface area contributed by atoms with Crippen LogP contribution in [0.2, 0.25) is 5.02 Å². The fourth-order valence-electron chi connectivity index (χ4n) is 5.63. The zero-order chi connectivity index (χ0) is 32.9. The van der Waals surface area contributed by atoms with E-state index in [2.05, 4.69) is 20.3 Å². The summed E-state index contributed by atoms with van der Waals surface area (Å²) in [5.41, 5.74) is 11.6. The fourth-order valence-corrected chi connectivity index (χ4v) is 6.85. The number of fused-ring (bicyclic) bond motifs is 2. The van der Waals surface area contributed by atoms with Gasteiger partial charge in [-0.1, -0.05) is 24.6 Å². The number of halogens is 4. The summed E-state index contributed by atoms with van der Waals surface area (Å²) >= 11 is 7.43. The van der Waals surface area contributed by atoms with Gasteiger partial charge in [-0.15, -0.1) is 11.3 Å². The molecule has 6 rings (SSSR count). The highest BCUT2D eigenvalue weighted by molar-refractivity contribution is 7.23. The summed E-state index contributed by atoms with van der Waals surface area (Å²) < 4.78 is 58.8. The van der Waals surface area contributed by atoms with Crippen molar-refractivity contribution in [1.82, 2.24) is 19.9 Å². The molecule has 5 aromatic rings. The molecule has 10 nitrogen and oxygen atoms in total. The average Bonchev–Trinajstić information content (AvgIpc) is 3.62. The van der Waals surface area contributed by atoms with Crippen LogP contribution >= 0.6 is 22.9 Å². The van der Waals surface area contributed by atoms with Crippen LogP contribution in [0, 0.1) is 28.8 Å². The molecule has 3 atom stereocenters. The molecule has 0 saturated carbocycles. The normalized spacial score (nSPS) is 17.1. The van der Waals surface area contributed by atoms with Crippen LogP contribution in [0.1, 0.15) is 24.0 Å². The zero-order valence-electron chi connectivity index (χ0n) is 24.9. The van der Waals surface area contributed by atoms with Crippen LogP contribution in [0.5, 0.6) is 6.01 Å². The number of rotatable bonds is 8. The lowest BCUT2D eigenvalue weighted by Crippen LogP contribution is -2.41. The van der Waals surface area contributed by atoms with Crippen molar-refractivity contribution in [3.05, 3.63) is 64.1 Å². The van der Waals surface area contributed by atoms with Crippen LogP contribution in [0.15, 0.2) is 30.5 Å². The number of aromatic nitrogens is 3. The minimum Gasteiger partial charge on any atom is -0.456 e. The summed E-state index contributed by atoms with van der Waals surface area (Å²) in [7, 11) is 3.77. The van der Waals surface area contributed by atoms with Gasteiger partial charge >= 0.3 is 6.01 Å². The van der Waals surface area contributed by atoms with Crippen LogP contribution in [0.25, 0.3) is 32.1 Å². The van der Waals surface area contributed by atoms with Gasteiger partial charge in [0.25, 0.3) is 0 Å². The fraction of sp³-hybridized carbons (Fsp3) is 0.290. The van der Waals surface area contributed by atoms with Crippen molar-refractivity contribution < 1.29 is 22.6 Å². The highest BCUT2D eigenvalue weighted by Crippen LogP contribution is 2.46. The van der Waals surface area contributed by atoms with E-state index in [-0.39, 0.29) is 67.0 Å². The van der Waals surface area contributed by atoms with Crippen LogP contribution in [-0.2, 0) is 4.74 Å². The number of nitrogen functional groups attached to an aromatic ring is 2. The highest BCUT2D eigenvalue weighted by atomic mass is 35.5. The van der Waals surface area contributed by atoms with E-state index in [1.54, 1.807) is 12.3 Å². The molecule has 0 radical (unpaired) electrons. The van der Waals surface area contributed by atoms with Gasteiger partial charge in [-0.25, -0.2) is 18.2 Å². The van der Waals surface area contributed by atoms with E-state index in [9.17, 15) is 9.65 Å². The summed E-state index contributed by atoms with van der Waals surface area (Å²) in [4.78, 5) is 15.1. The van der Waals surface area contributed by atoms with E-state index in [1.165, 1.54) is 6.07 Å². The van der Waals surface area contributed by atoms with Gasteiger partial charge in [-0.05, 0) is 31.8 Å². The average molecular weight is 669 g/mol. The first kappa shape index (κ1) is 31.6. The van der Waals surface area contributed by atoms with Crippen molar-refractivity contribution in [2.75, 3.05) is 50.6 Å². The maximum absolute atomic E-state index is 16.8. The Hall–Kier alpha value is -4.42. The van der Waals surface area contributed by atoms with Crippen molar-refractivity contribution in [2.45, 2.75) is 25.0 Å². The summed E-state index contributed by atoms with van der Waals surface area (Å²) in [6.45, 7) is 2.92. The molecule has 46 heavy (non-hydrogen) atoms. The molecule has 0 amide bonds. The molecule has 1 aliphatic rings. The van der Waals surface area contributed by atoms with Crippen LogP contribution in [0.3, 0.4) is 0 Å². The van der Waals surface area contributed by atoms with Gasteiger partial charge in [0.05, 0.1) is 34.5 Å². The van der Waals surface area contributed by atoms with E-state index >= 15 is 8.78 Å². The molecule has 1 aliphatic heterocycles. The summed E-state index contributed by atoms with van der Waals surface area (Å²) in [6, 6.07) is 7.24. The molecular weight excluding hydrogens is 641 g/mol. The molecule has 3 aromatic heterocycles. The third kappa shape index (κ3) is 5.49. The number of nitrogens with zero attached hydrogens (tertiary/aromatic N) is 5. The van der Waals surface area contributed by atoms with Crippen LogP contribution in [-0.4, -0.2) is 65.9 Å². The number of nitrogens with two attached hydrogens (primary N) is 2. The van der Waals surface area contributed by atoms with Crippen molar-refractivity contribution in [3.8, 4) is 23.2 Å². The number of nitriles is 1. The summed E-state index contributed by atoms with van der Waals surface area (Å²) in [6.07, 6.45) is 1.13. The molecular formula is C31H28ClF3N8O2S. The number of thiophene rings is 1. The van der Waals surface area contributed by atoms with Crippen molar-refractivity contribution in [3.63, 3.8) is 0 Å². The Morgan fingerprint density at radius 3 is 2.70 bits per heavy atom. The largest absolute Gasteiger partial charge is 0.456 e. The zero-order valence-corrected chi connectivity index (χ0v) is 26.4. The van der Waals surface area contributed by atoms with E-state index in [1.807, 2.05) is 38.1 Å². The van der Waals surface area contributed by atoms with Gasteiger partial charge in [-0.2, -0.15) is 15.2 Å². The molecule has 5 N–H and O–H groups in total. The minimum absolute atomic E-state index is 0.0392. The third-order valence-electron chi connectivity index (χ3n) is 8.02. The highest BCUT2D eigenvalue weighted by Gasteiger charge is 2.33. The topological polar surface area (TPSA) is 148 Å². The molecule has 15 heteroatoms. The molecule has 1 saturated heterocycles. The first-order chi connectivity index (χ1) is 22.0. The number of anilines is 3. The predicted molar refractivity (Wildman–Crippen MR) is 173 cm³/mol. The predicted octanol–water partition coefficient (Wildman–Crippen LogP) is 5.94. The van der Waals surface area contributed by atoms with Crippen LogP contribution < -0.4 is 21.5 Å². The Morgan fingerprint density at radius 2 is 1.98 bits per heavy atom. The SMILES string of the molecule is C[C@@H](CNc1nc(O[C@@H]2COC[C@H]2N(C)C)nc2c(F)c(-c3c(F)cc(F)c4sc(N)c(C#N)c34)c(Cl)cc12)c1cccnc1N. The second-order valence-corrected chi connectivity index (χ2v) is 12.6. The van der Waals surface area contributed by atoms with Gasteiger partial charge in [0, 0.05) is 46.6 Å². The lowest BCUT2D eigenvalue weighted by molar-refractivity contribution is 0.117. The molecule has 0 spiro atoms. The van der Waals surface area contributed by atoms with Gasteiger partial charge in [0.1, 0.15) is 46.0 Å². The number of hydrogen-bond donors (Lipinski definition) is 3. The van der Waals surface area contributed by atoms with Gasteiger partial charge in [0.15, 0.2) is 5.82 Å². The molecule has 1 fully saturated rings. The number of ether oxygens (including phenoxy) is 2. The number of pyridine rings is 1. The Bertz CT molecular complexity index is 2040. The third-order valence-corrected chi connectivity index (χ3v) is 9.34. The Balaban J connectivity index is 1.53. The lowest BCUT2D eigenvalue weighted by Gasteiger charge is -2.24. The number of likely N-dealkylation sites (N-methyl/N-ethyl adjacent to an activating group) is 1. The Kier molecular flexibility index (Phi) is 8.51. The molecule has 238 valence electrons. The Labute approximate surface area is 270 Å². The van der Waals surface area contributed by atoms with Crippen molar-refractivity contribution in [1.29, 1.82) is 5.26 Å². The van der Waals surface area contributed by atoms with Gasteiger partial charge in [-0.3, -0.25) is 0 Å². The molecule has 0 aliphatic carbocycles. The van der Waals surface area contributed by atoms with Gasteiger partial charge < -0.3 is 31.2 Å². The van der Waals surface area contributed by atoms with Gasteiger partial charge in [0.2, 0.25) is 0 Å². The smallest absolute Gasteiger partial charge is 0.319 e. The van der Waals surface area contributed by atoms with E-state index in [4.69, 9.17) is 32.5 Å². The lowest BCUT2D eigenvalue weighted by atomic mass is 9.96. The van der Waals surface area contributed by atoms with Crippen molar-refractivity contribution >= 4 is 60.6 Å². The standard InChI is InChI=1S/C31H28ClF3N8O2S/c1-13(14-5-4-6-39-28(14)37)10-40-30-15-7-17(32)23(24-18(33)8-19(34)27-22(24)16(9-36)29(38)46-27)25(35)26(15)41-31(42-30)45-21-12-44-11-20(21)43(2)3/h4-8,13,20-21H,10-12,38H2,1-3H3,(H2,37,39)(H,40,41,42)/t13-,20+,21+/m0/s1. The minimum atomic E-state index is -1.12. The molecule has 0 bridgehead atoms. The van der Waals surface area contributed by atoms with E-state index < -0.39 is 34.7 Å². The Morgan fingerprint density at radius 1 is 1.20 bits per heavy atom. The van der Waals surface area contributed by atoms with Crippen LogP contribution in [0.4, 0.5) is 29.8 Å². The molecule has 0 unspecified atom stereocenters. The first-order valence-electron chi connectivity index (χ1n) is 14.1. The van der Waals surface area contributed by atoms with Crippen molar-refractivity contribution in [2.24, 2.45) is 0 Å². The maximum atomic E-state index is 16.8. The monoisotopic (exact) mass is 668 g/mol. The number of benzene rings is 2. The first-order valence-corrected chi connectivity index (χ1v) is 15.3. The van der Waals surface area contributed by atoms with E-state index in [0.29, 0.717) is 25.0 Å². The quantitative estimate of drug-likeness (QED) is 0.182. The summed E-state index contributed by atoms with van der Waals surface area (Å²) in [5.74, 6) is -2.64. The number of hydrogen-bond acceptors (Lipinski definition) is 11. The molecule has 2 aromatic carbocycles. The second kappa shape index (κ2) is 12.4. The second-order valence-electron chi connectivity index (χ2n) is 11.2.